The molecule has 0 unspecified atom stereocenters. The Balaban J connectivity index is 2.61. The van der Waals surface area contributed by atoms with E-state index in [0.717, 1.165) is 0 Å². The molecule has 14 heavy (non-hydrogen) atoms. The van der Waals surface area contributed by atoms with E-state index < -0.39 is 0 Å². The van der Waals surface area contributed by atoms with Crippen molar-refractivity contribution in [1.29, 1.82) is 0 Å². The van der Waals surface area contributed by atoms with Crippen molar-refractivity contribution < 1.29 is 13.9 Å². The van der Waals surface area contributed by atoms with Crippen molar-refractivity contribution >= 4 is 11.0 Å². The number of nitrogens with two attached hydrogens (primary N) is 1. The predicted octanol–water partition coefficient (Wildman–Crippen LogP) is 1.78. The average Bonchev–Trinajstić information content (AvgIpc) is 2.44. The molecule has 3 N–H and O–H groups in total. The lowest BCUT2D eigenvalue weighted by molar-refractivity contribution is 0.441. The Hall–Kier alpha value is -1.55. The van der Waals surface area contributed by atoms with Crippen molar-refractivity contribution in [3.05, 3.63) is 29.8 Å². The van der Waals surface area contributed by atoms with E-state index >= 15 is 0 Å². The van der Waals surface area contributed by atoms with Gasteiger partial charge in [0.25, 0.3) is 0 Å². The molecule has 2 rings (SSSR count). The smallest absolute Gasteiger partial charge is 0.165 e. The first-order valence-electron chi connectivity index (χ1n) is 4.32. The fourth-order valence-corrected chi connectivity index (χ4v) is 1.41. The van der Waals surface area contributed by atoms with Gasteiger partial charge in [0.1, 0.15) is 17.2 Å². The minimum Gasteiger partial charge on any atom is -0.504 e. The topological polar surface area (TPSA) is 59.4 Å². The van der Waals surface area contributed by atoms with Crippen molar-refractivity contribution in [3.63, 3.8) is 0 Å². The van der Waals surface area contributed by atoms with Crippen molar-refractivity contribution in [2.24, 2.45) is 5.73 Å². The molecule has 74 valence electrons. The summed E-state index contributed by atoms with van der Waals surface area (Å²) in [7, 11) is 0. The fraction of sp³-hybridized carbons (Fsp3) is 0.200. The largest absolute Gasteiger partial charge is 0.504 e. The van der Waals surface area contributed by atoms with Crippen molar-refractivity contribution in [2.45, 2.75) is 6.42 Å². The zero-order valence-corrected chi connectivity index (χ0v) is 7.46. The summed E-state index contributed by atoms with van der Waals surface area (Å²) in [5.74, 6) is 0.0871. The van der Waals surface area contributed by atoms with Gasteiger partial charge in [0, 0.05) is 12.5 Å². The SMILES string of the molecule is NCCc1oc2cc(F)ccc2c1O. The Morgan fingerprint density at radius 3 is 2.93 bits per heavy atom. The van der Waals surface area contributed by atoms with Crippen LogP contribution in [-0.4, -0.2) is 11.7 Å². The number of aromatic hydroxyl groups is 1. The molecule has 1 aromatic heterocycles. The number of fused-ring (bicyclic) bond motifs is 1. The highest BCUT2D eigenvalue weighted by Crippen LogP contribution is 2.32. The summed E-state index contributed by atoms with van der Waals surface area (Å²) in [6.45, 7) is 0.385. The van der Waals surface area contributed by atoms with Crippen LogP contribution in [-0.2, 0) is 6.42 Å². The molecule has 4 heteroatoms. The Kier molecular flexibility index (Phi) is 2.13. The van der Waals surface area contributed by atoms with Gasteiger partial charge in [-0.1, -0.05) is 0 Å². The van der Waals surface area contributed by atoms with Gasteiger partial charge in [0.15, 0.2) is 5.75 Å². The molecule has 0 fully saturated rings. The third-order valence-corrected chi connectivity index (χ3v) is 2.07. The standard InChI is InChI=1S/C10H10FNO2/c11-6-1-2-7-9(5-6)14-8(3-4-12)10(7)13/h1-2,5,13H,3-4,12H2. The first-order valence-corrected chi connectivity index (χ1v) is 4.32. The van der Waals surface area contributed by atoms with Crippen LogP contribution in [0.25, 0.3) is 11.0 Å². The van der Waals surface area contributed by atoms with Crippen LogP contribution in [0.5, 0.6) is 5.75 Å². The summed E-state index contributed by atoms with van der Waals surface area (Å²) in [4.78, 5) is 0. The molecule has 0 aliphatic carbocycles. The van der Waals surface area contributed by atoms with Gasteiger partial charge < -0.3 is 15.3 Å². The molecular formula is C10H10FNO2. The van der Waals surface area contributed by atoms with Gasteiger partial charge in [0.2, 0.25) is 0 Å². The van der Waals surface area contributed by atoms with E-state index in [1.165, 1.54) is 18.2 Å². The lowest BCUT2D eigenvalue weighted by Gasteiger charge is -1.91. The number of benzene rings is 1. The molecule has 2 aromatic rings. The van der Waals surface area contributed by atoms with Crippen LogP contribution < -0.4 is 5.73 Å². The molecule has 0 atom stereocenters. The Labute approximate surface area is 79.9 Å². The first kappa shape index (κ1) is 9.02. The quantitative estimate of drug-likeness (QED) is 0.767. The van der Waals surface area contributed by atoms with Crippen LogP contribution in [0.1, 0.15) is 5.76 Å². The average molecular weight is 195 g/mol. The van der Waals surface area contributed by atoms with E-state index in [9.17, 15) is 9.50 Å². The summed E-state index contributed by atoms with van der Waals surface area (Å²) < 4.78 is 18.0. The zero-order valence-electron chi connectivity index (χ0n) is 7.46. The third kappa shape index (κ3) is 1.33. The van der Waals surface area contributed by atoms with Gasteiger partial charge in [-0.2, -0.15) is 0 Å². The van der Waals surface area contributed by atoms with Crippen LogP contribution in [0.2, 0.25) is 0 Å². The van der Waals surface area contributed by atoms with E-state index in [-0.39, 0.29) is 11.6 Å². The summed E-state index contributed by atoms with van der Waals surface area (Å²) in [5, 5.41) is 10.2. The van der Waals surface area contributed by atoms with E-state index in [1.54, 1.807) is 0 Å². The number of rotatable bonds is 2. The maximum Gasteiger partial charge on any atom is 0.165 e. The molecule has 0 aliphatic rings. The molecular weight excluding hydrogens is 185 g/mol. The van der Waals surface area contributed by atoms with E-state index in [4.69, 9.17) is 10.2 Å². The maximum atomic E-state index is 12.8. The normalized spacial score (nSPS) is 11.0. The van der Waals surface area contributed by atoms with E-state index in [0.29, 0.717) is 29.7 Å². The van der Waals surface area contributed by atoms with Gasteiger partial charge >= 0.3 is 0 Å². The van der Waals surface area contributed by atoms with Gasteiger partial charge in [-0.3, -0.25) is 0 Å². The van der Waals surface area contributed by atoms with Gasteiger partial charge in [-0.25, -0.2) is 4.39 Å². The lowest BCUT2D eigenvalue weighted by atomic mass is 10.2. The van der Waals surface area contributed by atoms with Gasteiger partial charge in [-0.15, -0.1) is 0 Å². The molecule has 1 heterocycles. The molecule has 3 nitrogen and oxygen atoms in total. The molecule has 0 bridgehead atoms. The molecule has 0 aliphatic heterocycles. The number of hydrogen-bond donors (Lipinski definition) is 2. The molecule has 0 radical (unpaired) electrons. The highest BCUT2D eigenvalue weighted by molar-refractivity contribution is 5.85. The maximum absolute atomic E-state index is 12.8. The first-order chi connectivity index (χ1) is 6.72. The second-order valence-corrected chi connectivity index (χ2v) is 3.05. The molecule has 0 saturated heterocycles. The minimum atomic E-state index is -0.384. The monoisotopic (exact) mass is 195 g/mol. The van der Waals surface area contributed by atoms with Crippen LogP contribution in [0.3, 0.4) is 0 Å². The second-order valence-electron chi connectivity index (χ2n) is 3.05. The summed E-state index contributed by atoms with van der Waals surface area (Å²) in [6.07, 6.45) is 0.447. The second kappa shape index (κ2) is 3.31. The Morgan fingerprint density at radius 2 is 2.21 bits per heavy atom. The van der Waals surface area contributed by atoms with Crippen LogP contribution in [0, 0.1) is 5.82 Å². The van der Waals surface area contributed by atoms with Crippen LogP contribution >= 0.6 is 0 Å². The number of furan rings is 1. The number of hydrogen-bond acceptors (Lipinski definition) is 3. The van der Waals surface area contributed by atoms with Gasteiger partial charge in [0.05, 0.1) is 5.39 Å². The fourth-order valence-electron chi connectivity index (χ4n) is 1.41. The van der Waals surface area contributed by atoms with Crippen molar-refractivity contribution in [1.82, 2.24) is 0 Å². The predicted molar refractivity (Wildman–Crippen MR) is 50.6 cm³/mol. The van der Waals surface area contributed by atoms with Crippen molar-refractivity contribution in [3.8, 4) is 5.75 Å². The Bertz CT molecular complexity index is 464. The highest BCUT2D eigenvalue weighted by atomic mass is 19.1. The molecule has 0 amide bonds. The van der Waals surface area contributed by atoms with Crippen molar-refractivity contribution in [2.75, 3.05) is 6.54 Å². The third-order valence-electron chi connectivity index (χ3n) is 2.07. The Morgan fingerprint density at radius 1 is 1.43 bits per heavy atom. The van der Waals surface area contributed by atoms with E-state index in [2.05, 4.69) is 0 Å². The van der Waals surface area contributed by atoms with Crippen LogP contribution in [0.4, 0.5) is 4.39 Å². The minimum absolute atomic E-state index is 0.0606. The molecule has 1 aromatic carbocycles. The summed E-state index contributed by atoms with van der Waals surface area (Å²) in [6, 6.07) is 4.02. The molecule has 0 spiro atoms. The zero-order chi connectivity index (χ0) is 10.1. The highest BCUT2D eigenvalue weighted by Gasteiger charge is 2.12. The number of halogens is 1. The summed E-state index contributed by atoms with van der Waals surface area (Å²) in [5.41, 5.74) is 5.69. The molecule has 0 saturated carbocycles. The van der Waals surface area contributed by atoms with E-state index in [1.807, 2.05) is 0 Å². The van der Waals surface area contributed by atoms with Crippen LogP contribution in [0.15, 0.2) is 22.6 Å². The lowest BCUT2D eigenvalue weighted by Crippen LogP contribution is -2.01. The van der Waals surface area contributed by atoms with Gasteiger partial charge in [-0.05, 0) is 18.7 Å². The summed E-state index contributed by atoms with van der Waals surface area (Å²) >= 11 is 0.